The summed E-state index contributed by atoms with van der Waals surface area (Å²) < 4.78 is 0. The molecule has 0 radical (unpaired) electrons. The van der Waals surface area contributed by atoms with E-state index in [9.17, 15) is 4.79 Å². The Bertz CT molecular complexity index is 372. The van der Waals surface area contributed by atoms with Gasteiger partial charge in [-0.2, -0.15) is 0 Å². The zero-order valence-electron chi connectivity index (χ0n) is 7.60. The quantitative estimate of drug-likeness (QED) is 0.474. The van der Waals surface area contributed by atoms with Gasteiger partial charge < -0.3 is 16.6 Å². The van der Waals surface area contributed by atoms with Crippen LogP contribution in [0.3, 0.4) is 0 Å². The Hall–Kier alpha value is -1.81. The molecule has 0 aliphatic rings. The van der Waals surface area contributed by atoms with Crippen LogP contribution in [0.4, 0.5) is 5.69 Å². The van der Waals surface area contributed by atoms with Crippen LogP contribution in [0.15, 0.2) is 24.3 Å². The molecule has 0 saturated carbocycles. The fourth-order valence-electron chi connectivity index (χ4n) is 1.04. The minimum atomic E-state index is -0.507. The minimum Gasteiger partial charge on any atom is -0.398 e. The average molecular weight is 192 g/mol. The normalized spacial score (nSPS) is 10.6. The molecule has 0 fully saturated rings. The largest absolute Gasteiger partial charge is 0.398 e. The highest BCUT2D eigenvalue weighted by Gasteiger charge is 1.97. The van der Waals surface area contributed by atoms with E-state index in [1.54, 1.807) is 24.3 Å². The van der Waals surface area contributed by atoms with E-state index in [2.05, 4.69) is 0 Å². The smallest absolute Gasteiger partial charge is 0.241 e. The maximum atomic E-state index is 10.5. The third kappa shape index (κ3) is 2.60. The lowest BCUT2D eigenvalue weighted by atomic mass is 10.1. The number of hydrogen-bond donors (Lipinski definition) is 3. The number of hydrogen-bond acceptors (Lipinski definition) is 3. The summed E-state index contributed by atoms with van der Waals surface area (Å²) in [5.41, 5.74) is 12.5. The molecule has 4 heteroatoms. The van der Waals surface area contributed by atoms with Gasteiger partial charge in [-0.15, -0.1) is 0 Å². The van der Waals surface area contributed by atoms with Crippen LogP contribution in [0.5, 0.6) is 0 Å². The molecule has 0 unspecified atom stereocenters. The van der Waals surface area contributed by atoms with Crippen LogP contribution >= 0.6 is 0 Å². The molecule has 5 N–H and O–H groups in total. The molecule has 1 aromatic carbocycles. The second-order valence-corrected chi connectivity index (χ2v) is 2.85. The van der Waals surface area contributed by atoms with Crippen molar-refractivity contribution >= 4 is 17.7 Å². The third-order valence-electron chi connectivity index (χ3n) is 1.78. The summed E-state index contributed by atoms with van der Waals surface area (Å²) in [6.45, 7) is -0.121. The molecule has 1 aromatic rings. The Balaban J connectivity index is 2.95. The Morgan fingerprint density at radius 3 is 2.79 bits per heavy atom. The van der Waals surface area contributed by atoms with Gasteiger partial charge in [0.1, 0.15) is 0 Å². The van der Waals surface area contributed by atoms with E-state index in [0.717, 1.165) is 5.56 Å². The SMILES string of the molecule is NC(=O)C=Cc1ccc(N)c(CO)c1. The molecule has 4 nitrogen and oxygen atoms in total. The van der Waals surface area contributed by atoms with Crippen LogP contribution in [0, 0.1) is 0 Å². The van der Waals surface area contributed by atoms with E-state index >= 15 is 0 Å². The summed E-state index contributed by atoms with van der Waals surface area (Å²) in [4.78, 5) is 10.5. The topological polar surface area (TPSA) is 89.3 Å². The van der Waals surface area contributed by atoms with E-state index in [4.69, 9.17) is 16.6 Å². The maximum absolute atomic E-state index is 10.5. The lowest BCUT2D eigenvalue weighted by molar-refractivity contribution is -0.113. The Labute approximate surface area is 81.8 Å². The molecular weight excluding hydrogens is 180 g/mol. The summed E-state index contributed by atoms with van der Waals surface area (Å²) in [6, 6.07) is 5.12. The van der Waals surface area contributed by atoms with E-state index in [-0.39, 0.29) is 6.61 Å². The van der Waals surface area contributed by atoms with Crippen molar-refractivity contribution in [3.8, 4) is 0 Å². The molecule has 0 spiro atoms. The predicted molar refractivity (Wildman–Crippen MR) is 55.0 cm³/mol. The number of primary amides is 1. The minimum absolute atomic E-state index is 0.121. The standard InChI is InChI=1S/C10H12N2O2/c11-9-3-1-7(2-4-10(12)14)5-8(9)6-13/h1-5,13H,6,11H2,(H2,12,14). The van der Waals surface area contributed by atoms with Crippen LogP contribution in [0.25, 0.3) is 6.08 Å². The van der Waals surface area contributed by atoms with Crippen molar-refractivity contribution in [2.24, 2.45) is 5.73 Å². The van der Waals surface area contributed by atoms with Gasteiger partial charge in [-0.1, -0.05) is 6.07 Å². The first-order chi connectivity index (χ1) is 6.63. The van der Waals surface area contributed by atoms with E-state index in [1.165, 1.54) is 6.08 Å². The fraction of sp³-hybridized carbons (Fsp3) is 0.100. The van der Waals surface area contributed by atoms with Gasteiger partial charge in [0.15, 0.2) is 0 Å². The molecule has 0 atom stereocenters. The van der Waals surface area contributed by atoms with Crippen molar-refractivity contribution in [2.75, 3.05) is 5.73 Å². The molecule has 1 amide bonds. The number of amides is 1. The second kappa shape index (κ2) is 4.43. The van der Waals surface area contributed by atoms with Crippen LogP contribution in [-0.4, -0.2) is 11.0 Å². The molecule has 0 aliphatic heterocycles. The summed E-state index contributed by atoms with van der Waals surface area (Å²) in [7, 11) is 0. The number of rotatable bonds is 3. The van der Waals surface area contributed by atoms with Gasteiger partial charge >= 0.3 is 0 Å². The molecule has 0 bridgehead atoms. The zero-order valence-corrected chi connectivity index (χ0v) is 7.60. The van der Waals surface area contributed by atoms with Gasteiger partial charge in [0.25, 0.3) is 0 Å². The number of benzene rings is 1. The van der Waals surface area contributed by atoms with Crippen molar-refractivity contribution in [3.05, 3.63) is 35.4 Å². The average Bonchev–Trinajstić information content (AvgIpc) is 2.16. The summed E-state index contributed by atoms with van der Waals surface area (Å²) in [6.07, 6.45) is 2.83. The van der Waals surface area contributed by atoms with Gasteiger partial charge in [0.2, 0.25) is 5.91 Å². The van der Waals surface area contributed by atoms with Crippen molar-refractivity contribution in [1.82, 2.24) is 0 Å². The highest BCUT2D eigenvalue weighted by atomic mass is 16.3. The zero-order chi connectivity index (χ0) is 10.6. The number of aliphatic hydroxyl groups is 1. The lowest BCUT2D eigenvalue weighted by Gasteiger charge is -2.02. The van der Waals surface area contributed by atoms with Gasteiger partial charge in [0, 0.05) is 17.3 Å². The third-order valence-corrected chi connectivity index (χ3v) is 1.78. The number of carbonyl (C=O) groups is 1. The number of nitrogens with two attached hydrogens (primary N) is 2. The van der Waals surface area contributed by atoms with E-state index in [0.29, 0.717) is 11.3 Å². The molecule has 14 heavy (non-hydrogen) atoms. The van der Waals surface area contributed by atoms with Crippen molar-refractivity contribution in [2.45, 2.75) is 6.61 Å². The lowest BCUT2D eigenvalue weighted by Crippen LogP contribution is -2.05. The van der Waals surface area contributed by atoms with Crippen LogP contribution < -0.4 is 11.5 Å². The highest BCUT2D eigenvalue weighted by Crippen LogP contribution is 2.14. The van der Waals surface area contributed by atoms with Crippen LogP contribution in [0.2, 0.25) is 0 Å². The first kappa shape index (κ1) is 10.3. The molecule has 0 saturated heterocycles. The van der Waals surface area contributed by atoms with Gasteiger partial charge in [-0.3, -0.25) is 4.79 Å². The predicted octanol–water partition coefficient (Wildman–Crippen LogP) is 0.260. The summed E-state index contributed by atoms with van der Waals surface area (Å²) >= 11 is 0. The molecule has 0 aliphatic carbocycles. The summed E-state index contributed by atoms with van der Waals surface area (Å²) in [5, 5.41) is 8.92. The maximum Gasteiger partial charge on any atom is 0.241 e. The first-order valence-corrected chi connectivity index (χ1v) is 4.10. The number of carbonyl (C=O) groups excluding carboxylic acids is 1. The Kier molecular flexibility index (Phi) is 3.25. The molecule has 0 heterocycles. The Morgan fingerprint density at radius 1 is 1.50 bits per heavy atom. The monoisotopic (exact) mass is 192 g/mol. The fourth-order valence-corrected chi connectivity index (χ4v) is 1.04. The van der Waals surface area contributed by atoms with Gasteiger partial charge in [-0.05, 0) is 23.8 Å². The highest BCUT2D eigenvalue weighted by molar-refractivity contribution is 5.90. The van der Waals surface area contributed by atoms with Crippen LogP contribution in [-0.2, 0) is 11.4 Å². The van der Waals surface area contributed by atoms with Crippen molar-refractivity contribution in [1.29, 1.82) is 0 Å². The van der Waals surface area contributed by atoms with E-state index in [1.807, 2.05) is 0 Å². The van der Waals surface area contributed by atoms with Gasteiger partial charge in [-0.25, -0.2) is 0 Å². The number of nitrogen functional groups attached to an aromatic ring is 1. The van der Waals surface area contributed by atoms with Crippen LogP contribution in [0.1, 0.15) is 11.1 Å². The molecule has 74 valence electrons. The van der Waals surface area contributed by atoms with Gasteiger partial charge in [0.05, 0.1) is 6.61 Å². The van der Waals surface area contributed by atoms with E-state index < -0.39 is 5.91 Å². The number of aliphatic hydroxyl groups excluding tert-OH is 1. The first-order valence-electron chi connectivity index (χ1n) is 4.10. The van der Waals surface area contributed by atoms with Crippen molar-refractivity contribution < 1.29 is 9.90 Å². The van der Waals surface area contributed by atoms with Crippen molar-refractivity contribution in [3.63, 3.8) is 0 Å². The number of anilines is 1. The summed E-state index contributed by atoms with van der Waals surface area (Å²) in [5.74, 6) is -0.507. The molecular formula is C10H12N2O2. The molecule has 0 aromatic heterocycles. The molecule has 1 rings (SSSR count). The second-order valence-electron chi connectivity index (χ2n) is 2.85. The Morgan fingerprint density at radius 2 is 2.21 bits per heavy atom.